The number of pyridine rings is 1. The number of rotatable bonds is 4. The smallest absolute Gasteiger partial charge is 0.257 e. The third-order valence-corrected chi connectivity index (χ3v) is 7.00. The van der Waals surface area contributed by atoms with Crippen LogP contribution in [0.2, 0.25) is 15.2 Å². The standard InChI is InChI=1S/C16H14Cl3N3O3S/c17-12-4-3-11(8-14(12)26(24,25)22-5-1-2-6-22)21-16(23)10-7-13(18)15(19)20-9-10/h3-4,7-9H,1-2,5-6H2,(H,21,23). The summed E-state index contributed by atoms with van der Waals surface area (Å²) in [6.07, 6.45) is 2.91. The van der Waals surface area contributed by atoms with E-state index in [-0.39, 0.29) is 25.7 Å². The maximum absolute atomic E-state index is 12.7. The Morgan fingerprint density at radius 2 is 1.77 bits per heavy atom. The first-order valence-corrected chi connectivity index (χ1v) is 10.3. The number of nitrogens with zero attached hydrogens (tertiary/aromatic N) is 2. The molecule has 2 heterocycles. The van der Waals surface area contributed by atoms with Crippen molar-refractivity contribution in [3.05, 3.63) is 51.2 Å². The van der Waals surface area contributed by atoms with Crippen molar-refractivity contribution in [3.8, 4) is 0 Å². The number of sulfonamides is 1. The molecule has 0 spiro atoms. The number of hydrogen-bond acceptors (Lipinski definition) is 4. The van der Waals surface area contributed by atoms with Gasteiger partial charge in [-0.05, 0) is 37.1 Å². The molecule has 1 fully saturated rings. The minimum atomic E-state index is -3.71. The number of carbonyl (C=O) groups is 1. The summed E-state index contributed by atoms with van der Waals surface area (Å²) < 4.78 is 26.9. The van der Waals surface area contributed by atoms with E-state index in [1.807, 2.05) is 0 Å². The Bertz CT molecular complexity index is 960. The third-order valence-electron chi connectivity index (χ3n) is 3.93. The molecule has 138 valence electrons. The van der Waals surface area contributed by atoms with Gasteiger partial charge in [-0.25, -0.2) is 13.4 Å². The van der Waals surface area contributed by atoms with Gasteiger partial charge in [-0.1, -0.05) is 34.8 Å². The predicted molar refractivity (Wildman–Crippen MR) is 102 cm³/mol. The molecule has 1 saturated heterocycles. The van der Waals surface area contributed by atoms with Gasteiger partial charge in [0.25, 0.3) is 5.91 Å². The van der Waals surface area contributed by atoms with Crippen LogP contribution in [0.4, 0.5) is 5.69 Å². The number of anilines is 1. The molecule has 0 saturated carbocycles. The van der Waals surface area contributed by atoms with Crippen LogP contribution in [0.1, 0.15) is 23.2 Å². The van der Waals surface area contributed by atoms with Gasteiger partial charge in [0, 0.05) is 25.0 Å². The Hall–Kier alpha value is -1.38. The maximum Gasteiger partial charge on any atom is 0.257 e. The highest BCUT2D eigenvalue weighted by molar-refractivity contribution is 7.89. The Kier molecular flexibility index (Phi) is 5.74. The van der Waals surface area contributed by atoms with E-state index in [4.69, 9.17) is 34.8 Å². The number of carbonyl (C=O) groups excluding carboxylic acids is 1. The van der Waals surface area contributed by atoms with Crippen molar-refractivity contribution < 1.29 is 13.2 Å². The van der Waals surface area contributed by atoms with Gasteiger partial charge in [-0.3, -0.25) is 4.79 Å². The van der Waals surface area contributed by atoms with Gasteiger partial charge in [-0.2, -0.15) is 4.31 Å². The van der Waals surface area contributed by atoms with Crippen LogP contribution in [0.15, 0.2) is 35.4 Å². The summed E-state index contributed by atoms with van der Waals surface area (Å²) in [5.41, 5.74) is 0.488. The second kappa shape index (κ2) is 7.70. The van der Waals surface area contributed by atoms with Crippen molar-refractivity contribution >= 4 is 56.4 Å². The molecule has 1 N–H and O–H groups in total. The van der Waals surface area contributed by atoms with Gasteiger partial charge >= 0.3 is 0 Å². The van der Waals surface area contributed by atoms with Crippen LogP contribution in [0.5, 0.6) is 0 Å². The molecule has 26 heavy (non-hydrogen) atoms. The fourth-order valence-electron chi connectivity index (χ4n) is 2.60. The molecule has 3 rings (SSSR count). The molecule has 1 aliphatic rings. The summed E-state index contributed by atoms with van der Waals surface area (Å²) in [6, 6.07) is 5.68. The minimum Gasteiger partial charge on any atom is -0.322 e. The molecule has 0 aliphatic carbocycles. The molecule has 2 aromatic rings. The second-order valence-electron chi connectivity index (χ2n) is 5.71. The van der Waals surface area contributed by atoms with Gasteiger partial charge in [0.2, 0.25) is 10.0 Å². The third kappa shape index (κ3) is 3.97. The summed E-state index contributed by atoms with van der Waals surface area (Å²) in [7, 11) is -3.71. The van der Waals surface area contributed by atoms with Crippen LogP contribution in [0.3, 0.4) is 0 Å². The van der Waals surface area contributed by atoms with Crippen molar-refractivity contribution in [1.29, 1.82) is 0 Å². The Balaban J connectivity index is 1.87. The molecule has 6 nitrogen and oxygen atoms in total. The average Bonchev–Trinajstić information content (AvgIpc) is 3.14. The van der Waals surface area contributed by atoms with E-state index in [0.717, 1.165) is 12.8 Å². The van der Waals surface area contributed by atoms with Gasteiger partial charge < -0.3 is 5.32 Å². The Morgan fingerprint density at radius 3 is 2.42 bits per heavy atom. The predicted octanol–water partition coefficient (Wildman–Crippen LogP) is 4.08. The number of amides is 1. The molecule has 1 aromatic carbocycles. The summed E-state index contributed by atoms with van der Waals surface area (Å²) in [4.78, 5) is 16.1. The Morgan fingerprint density at radius 1 is 1.08 bits per heavy atom. The number of benzene rings is 1. The van der Waals surface area contributed by atoms with Gasteiger partial charge in [0.15, 0.2) is 0 Å². The molecule has 0 unspecified atom stereocenters. The van der Waals surface area contributed by atoms with Gasteiger partial charge in [-0.15, -0.1) is 0 Å². The van der Waals surface area contributed by atoms with Crippen molar-refractivity contribution in [3.63, 3.8) is 0 Å². The molecule has 0 radical (unpaired) electrons. The van der Waals surface area contributed by atoms with Crippen LogP contribution in [-0.2, 0) is 10.0 Å². The van der Waals surface area contributed by atoms with Crippen LogP contribution in [0.25, 0.3) is 0 Å². The minimum absolute atomic E-state index is 0.0360. The first-order valence-electron chi connectivity index (χ1n) is 7.71. The first-order chi connectivity index (χ1) is 12.3. The number of hydrogen-bond donors (Lipinski definition) is 1. The van der Waals surface area contributed by atoms with Crippen LogP contribution in [0, 0.1) is 0 Å². The molecular weight excluding hydrogens is 421 g/mol. The second-order valence-corrected chi connectivity index (χ2v) is 8.79. The zero-order chi connectivity index (χ0) is 18.9. The lowest BCUT2D eigenvalue weighted by molar-refractivity contribution is 0.102. The largest absolute Gasteiger partial charge is 0.322 e. The topological polar surface area (TPSA) is 79.4 Å². The average molecular weight is 435 g/mol. The number of nitrogens with one attached hydrogen (secondary N) is 1. The van der Waals surface area contributed by atoms with E-state index >= 15 is 0 Å². The summed E-state index contributed by atoms with van der Waals surface area (Å²) in [5.74, 6) is -0.497. The fraction of sp³-hybridized carbons (Fsp3) is 0.250. The molecule has 0 bridgehead atoms. The Labute approximate surface area is 166 Å². The molecule has 10 heteroatoms. The van der Waals surface area contributed by atoms with Crippen LogP contribution in [-0.4, -0.2) is 36.7 Å². The van der Waals surface area contributed by atoms with Crippen LogP contribution < -0.4 is 5.32 Å². The number of aromatic nitrogens is 1. The normalized spacial score (nSPS) is 15.2. The van der Waals surface area contributed by atoms with E-state index in [1.165, 1.54) is 34.8 Å². The summed E-state index contributed by atoms with van der Waals surface area (Å²) in [5, 5.41) is 2.95. The van der Waals surface area contributed by atoms with E-state index < -0.39 is 15.9 Å². The highest BCUT2D eigenvalue weighted by atomic mass is 35.5. The van der Waals surface area contributed by atoms with E-state index in [0.29, 0.717) is 18.8 Å². The van der Waals surface area contributed by atoms with Gasteiger partial charge in [0.1, 0.15) is 10.0 Å². The zero-order valence-corrected chi connectivity index (χ0v) is 16.5. The molecule has 1 aliphatic heterocycles. The van der Waals surface area contributed by atoms with Gasteiger partial charge in [0.05, 0.1) is 15.6 Å². The fourth-order valence-corrected chi connectivity index (χ4v) is 4.88. The molecular formula is C16H14Cl3N3O3S. The number of halogens is 3. The SMILES string of the molecule is O=C(Nc1ccc(Cl)c(S(=O)(=O)N2CCCC2)c1)c1cnc(Cl)c(Cl)c1. The van der Waals surface area contributed by atoms with E-state index in [1.54, 1.807) is 0 Å². The van der Waals surface area contributed by atoms with E-state index in [2.05, 4.69) is 10.3 Å². The summed E-state index contributed by atoms with van der Waals surface area (Å²) in [6.45, 7) is 0.925. The quantitative estimate of drug-likeness (QED) is 0.735. The highest BCUT2D eigenvalue weighted by Crippen LogP contribution is 2.30. The monoisotopic (exact) mass is 433 g/mol. The van der Waals surface area contributed by atoms with Crippen LogP contribution >= 0.6 is 34.8 Å². The lowest BCUT2D eigenvalue weighted by Gasteiger charge is -2.17. The maximum atomic E-state index is 12.7. The zero-order valence-electron chi connectivity index (χ0n) is 13.4. The lowest BCUT2D eigenvalue weighted by atomic mass is 10.2. The molecule has 1 aromatic heterocycles. The van der Waals surface area contributed by atoms with Crippen molar-refractivity contribution in [2.45, 2.75) is 17.7 Å². The molecule has 0 atom stereocenters. The summed E-state index contributed by atoms with van der Waals surface area (Å²) >= 11 is 17.7. The van der Waals surface area contributed by atoms with Crippen molar-refractivity contribution in [1.82, 2.24) is 9.29 Å². The highest BCUT2D eigenvalue weighted by Gasteiger charge is 2.29. The van der Waals surface area contributed by atoms with Crippen molar-refractivity contribution in [2.24, 2.45) is 0 Å². The molecule has 1 amide bonds. The lowest BCUT2D eigenvalue weighted by Crippen LogP contribution is -2.28. The van der Waals surface area contributed by atoms with E-state index in [9.17, 15) is 13.2 Å². The van der Waals surface area contributed by atoms with Crippen molar-refractivity contribution in [2.75, 3.05) is 18.4 Å². The first kappa shape index (κ1) is 19.4.